The van der Waals surface area contributed by atoms with E-state index in [2.05, 4.69) is 4.98 Å². The van der Waals surface area contributed by atoms with Crippen molar-refractivity contribution >= 4 is 11.6 Å². The maximum atomic E-state index is 11.3. The van der Waals surface area contributed by atoms with Crippen LogP contribution in [0.1, 0.15) is 48.1 Å². The normalized spacial score (nSPS) is 10.2. The smallest absolute Gasteiger partial charge is 0.356 e. The zero-order valence-electron chi connectivity index (χ0n) is 15.1. The summed E-state index contributed by atoms with van der Waals surface area (Å²) in [6, 6.07) is 11.8. The van der Waals surface area contributed by atoms with E-state index in [1.54, 1.807) is 7.11 Å². The van der Waals surface area contributed by atoms with Gasteiger partial charge in [-0.1, -0.05) is 39.0 Å². The lowest BCUT2D eigenvalue weighted by atomic mass is 10.1. The number of fused-ring (bicyclic) bond motifs is 1. The summed E-state index contributed by atoms with van der Waals surface area (Å²) in [6.07, 6.45) is 3.36. The summed E-state index contributed by atoms with van der Waals surface area (Å²) in [5.74, 6) is -0.152. The van der Waals surface area contributed by atoms with Crippen LogP contribution in [0.2, 0.25) is 0 Å². The Morgan fingerprint density at radius 1 is 1.12 bits per heavy atom. The van der Waals surface area contributed by atoms with Crippen LogP contribution >= 0.6 is 0 Å². The molecule has 3 rings (SSSR count). The molecule has 0 aliphatic heterocycles. The monoisotopic (exact) mass is 340 g/mol. The van der Waals surface area contributed by atoms with Crippen molar-refractivity contribution in [1.29, 1.82) is 0 Å². The van der Waals surface area contributed by atoms with Gasteiger partial charge in [-0.2, -0.15) is 0 Å². The minimum Gasteiger partial charge on any atom is -0.497 e. The number of methoxy groups -OCH3 is 1. The summed E-state index contributed by atoms with van der Waals surface area (Å²) in [6.45, 7) is 5.94. The highest BCUT2D eigenvalue weighted by molar-refractivity contribution is 5.88. The fourth-order valence-corrected chi connectivity index (χ4v) is 2.73. The maximum absolute atomic E-state index is 11.3. The Kier molecular flexibility index (Phi) is 6.17. The van der Waals surface area contributed by atoms with Gasteiger partial charge in [-0.15, -0.1) is 0 Å². The van der Waals surface area contributed by atoms with E-state index < -0.39 is 5.97 Å². The molecule has 0 bridgehead atoms. The SMILES string of the molecule is CC.CCc1c(C(=O)O)nc2ccc(Cc3ccc(OC)cc3)cn12. The van der Waals surface area contributed by atoms with Gasteiger partial charge >= 0.3 is 5.97 Å². The predicted molar refractivity (Wildman–Crippen MR) is 98.7 cm³/mol. The summed E-state index contributed by atoms with van der Waals surface area (Å²) in [5, 5.41) is 9.26. The van der Waals surface area contributed by atoms with Crippen LogP contribution in [0.5, 0.6) is 5.75 Å². The Bertz CT molecular complexity index is 851. The van der Waals surface area contributed by atoms with E-state index in [9.17, 15) is 9.90 Å². The Balaban J connectivity index is 0.00000109. The van der Waals surface area contributed by atoms with Crippen LogP contribution < -0.4 is 4.74 Å². The zero-order valence-corrected chi connectivity index (χ0v) is 15.1. The van der Waals surface area contributed by atoms with Crippen molar-refractivity contribution in [3.8, 4) is 5.75 Å². The lowest BCUT2D eigenvalue weighted by Gasteiger charge is -2.06. The van der Waals surface area contributed by atoms with Crippen LogP contribution in [0.15, 0.2) is 42.6 Å². The number of benzene rings is 1. The third-order valence-electron chi connectivity index (χ3n) is 3.88. The molecule has 0 fully saturated rings. The van der Waals surface area contributed by atoms with Crippen LogP contribution in [0.25, 0.3) is 5.65 Å². The van der Waals surface area contributed by atoms with Crippen LogP contribution in [0.4, 0.5) is 0 Å². The van der Waals surface area contributed by atoms with Gasteiger partial charge in [0.15, 0.2) is 5.69 Å². The summed E-state index contributed by atoms with van der Waals surface area (Å²) >= 11 is 0. The topological polar surface area (TPSA) is 63.8 Å². The summed E-state index contributed by atoms with van der Waals surface area (Å²) in [7, 11) is 1.65. The highest BCUT2D eigenvalue weighted by atomic mass is 16.5. The van der Waals surface area contributed by atoms with Gasteiger partial charge in [-0.3, -0.25) is 0 Å². The standard InChI is InChI=1S/C18H18N2O3.C2H6/c1-3-15-17(18(21)22)19-16-9-6-13(11-20(15)16)10-12-4-7-14(23-2)8-5-12;1-2/h4-9,11H,3,10H2,1-2H3,(H,21,22);1-2H3. The number of rotatable bonds is 5. The summed E-state index contributed by atoms with van der Waals surface area (Å²) in [5.41, 5.74) is 3.80. The Morgan fingerprint density at radius 2 is 1.76 bits per heavy atom. The largest absolute Gasteiger partial charge is 0.497 e. The second-order valence-corrected chi connectivity index (χ2v) is 5.36. The van der Waals surface area contributed by atoms with E-state index in [-0.39, 0.29) is 5.69 Å². The average Bonchev–Trinajstić information content (AvgIpc) is 3.02. The van der Waals surface area contributed by atoms with E-state index in [0.29, 0.717) is 12.1 Å². The van der Waals surface area contributed by atoms with Crippen molar-refractivity contribution in [3.05, 3.63) is 65.1 Å². The van der Waals surface area contributed by atoms with Gasteiger partial charge in [0.05, 0.1) is 12.8 Å². The van der Waals surface area contributed by atoms with E-state index in [1.807, 2.05) is 67.8 Å². The van der Waals surface area contributed by atoms with Gasteiger partial charge in [0.1, 0.15) is 11.4 Å². The van der Waals surface area contributed by atoms with Gasteiger partial charge in [0.2, 0.25) is 0 Å². The van der Waals surface area contributed by atoms with E-state index in [0.717, 1.165) is 23.4 Å². The second-order valence-electron chi connectivity index (χ2n) is 5.36. The van der Waals surface area contributed by atoms with Crippen molar-refractivity contribution in [2.24, 2.45) is 0 Å². The zero-order chi connectivity index (χ0) is 18.4. The quantitative estimate of drug-likeness (QED) is 0.755. The van der Waals surface area contributed by atoms with Crippen LogP contribution in [0.3, 0.4) is 0 Å². The first-order valence-electron chi connectivity index (χ1n) is 8.48. The Labute approximate surface area is 147 Å². The fraction of sp³-hybridized carbons (Fsp3) is 0.300. The van der Waals surface area contributed by atoms with Gasteiger partial charge in [-0.25, -0.2) is 9.78 Å². The van der Waals surface area contributed by atoms with Crippen molar-refractivity contribution in [3.63, 3.8) is 0 Å². The van der Waals surface area contributed by atoms with Crippen LogP contribution in [0, 0.1) is 0 Å². The number of aromatic carboxylic acids is 1. The highest BCUT2D eigenvalue weighted by Gasteiger charge is 2.16. The van der Waals surface area contributed by atoms with Gasteiger partial charge in [-0.05, 0) is 42.2 Å². The average molecular weight is 340 g/mol. The maximum Gasteiger partial charge on any atom is 0.356 e. The number of carboxylic acids is 1. The second kappa shape index (κ2) is 8.33. The molecule has 2 heterocycles. The molecule has 5 nitrogen and oxygen atoms in total. The third-order valence-corrected chi connectivity index (χ3v) is 3.88. The van der Waals surface area contributed by atoms with Crippen LogP contribution in [-0.2, 0) is 12.8 Å². The summed E-state index contributed by atoms with van der Waals surface area (Å²) in [4.78, 5) is 15.5. The Hall–Kier alpha value is -2.82. The van der Waals surface area contributed by atoms with Crippen molar-refractivity contribution < 1.29 is 14.6 Å². The lowest BCUT2D eigenvalue weighted by molar-refractivity contribution is 0.0690. The first-order valence-corrected chi connectivity index (χ1v) is 8.48. The molecule has 0 aliphatic carbocycles. The molecule has 1 N–H and O–H groups in total. The number of hydrogen-bond donors (Lipinski definition) is 1. The molecule has 0 saturated carbocycles. The molecule has 2 aromatic heterocycles. The summed E-state index contributed by atoms with van der Waals surface area (Å²) < 4.78 is 7.04. The van der Waals surface area contributed by atoms with Gasteiger partial charge < -0.3 is 14.2 Å². The lowest BCUT2D eigenvalue weighted by Crippen LogP contribution is -2.02. The van der Waals surface area contributed by atoms with Crippen molar-refractivity contribution in [2.45, 2.75) is 33.6 Å². The number of imidazole rings is 1. The predicted octanol–water partition coefficient (Wildman–Crippen LogP) is 4.22. The van der Waals surface area contributed by atoms with E-state index >= 15 is 0 Å². The number of aryl methyl sites for hydroxylation is 1. The molecule has 0 saturated heterocycles. The number of aromatic nitrogens is 2. The molecular formula is C20H24N2O3. The molecule has 0 spiro atoms. The molecule has 0 radical (unpaired) electrons. The van der Waals surface area contributed by atoms with E-state index in [4.69, 9.17) is 4.74 Å². The number of carbonyl (C=O) groups is 1. The molecule has 0 aliphatic rings. The minimum absolute atomic E-state index is 0.133. The molecule has 0 amide bonds. The number of nitrogens with zero attached hydrogens (tertiary/aromatic N) is 2. The van der Waals surface area contributed by atoms with Crippen LogP contribution in [-0.4, -0.2) is 27.6 Å². The van der Waals surface area contributed by atoms with Gasteiger partial charge in [0, 0.05) is 6.20 Å². The molecule has 3 aromatic rings. The van der Waals surface area contributed by atoms with Gasteiger partial charge in [0.25, 0.3) is 0 Å². The molecule has 5 heteroatoms. The number of carboxylic acid groups (broad SMARTS) is 1. The molecule has 25 heavy (non-hydrogen) atoms. The highest BCUT2D eigenvalue weighted by Crippen LogP contribution is 2.18. The fourth-order valence-electron chi connectivity index (χ4n) is 2.73. The molecule has 1 aromatic carbocycles. The first-order chi connectivity index (χ1) is 12.1. The molecular weight excluding hydrogens is 316 g/mol. The minimum atomic E-state index is -0.984. The number of ether oxygens (including phenoxy) is 1. The number of pyridine rings is 1. The molecule has 132 valence electrons. The molecule has 0 atom stereocenters. The number of hydrogen-bond acceptors (Lipinski definition) is 3. The third kappa shape index (κ3) is 3.99. The van der Waals surface area contributed by atoms with E-state index in [1.165, 1.54) is 5.56 Å². The first kappa shape index (κ1) is 18.5. The van der Waals surface area contributed by atoms with Crippen molar-refractivity contribution in [1.82, 2.24) is 9.38 Å². The Morgan fingerprint density at radius 3 is 2.32 bits per heavy atom. The van der Waals surface area contributed by atoms with Crippen molar-refractivity contribution in [2.75, 3.05) is 7.11 Å². The molecule has 0 unspecified atom stereocenters.